The fourth-order valence-corrected chi connectivity index (χ4v) is 3.17. The first-order chi connectivity index (χ1) is 8.89. The van der Waals surface area contributed by atoms with E-state index >= 15 is 0 Å². The summed E-state index contributed by atoms with van der Waals surface area (Å²) < 4.78 is 25.3. The molecule has 19 heavy (non-hydrogen) atoms. The Morgan fingerprint density at radius 2 is 1.74 bits per heavy atom. The number of rotatable bonds is 7. The maximum Gasteiger partial charge on any atom is 0.232 e. The summed E-state index contributed by atoms with van der Waals surface area (Å²) in [5.41, 5.74) is 12.1. The number of likely N-dealkylation sites (N-methyl/N-ethyl adjacent to an activating group) is 1. The lowest BCUT2D eigenvalue weighted by molar-refractivity contribution is -0.118. The summed E-state index contributed by atoms with van der Waals surface area (Å²) in [6.45, 7) is 2.00. The maximum atomic E-state index is 12.1. The highest BCUT2D eigenvalue weighted by Gasteiger charge is 2.22. The molecule has 0 aliphatic heterocycles. The Morgan fingerprint density at radius 1 is 1.21 bits per heavy atom. The van der Waals surface area contributed by atoms with Gasteiger partial charge in [0.05, 0.1) is 12.3 Å². The molecule has 0 fully saturated rings. The average molecular weight is 285 g/mol. The molecule has 0 aliphatic carbocycles. The van der Waals surface area contributed by atoms with Crippen LogP contribution in [0.25, 0.3) is 0 Å². The van der Waals surface area contributed by atoms with Crippen molar-refractivity contribution in [1.82, 2.24) is 4.31 Å². The van der Waals surface area contributed by atoms with Crippen LogP contribution >= 0.6 is 0 Å². The Bertz CT molecular complexity index is 526. The standard InChI is InChI=1S/C12H19N3O3S/c1-2-15(8-12(14)16)19(17,18)9-11-5-3-10(7-13)4-6-11/h3-6H,2,7-9,13H2,1H3,(H2,14,16). The van der Waals surface area contributed by atoms with Gasteiger partial charge >= 0.3 is 0 Å². The fourth-order valence-electron chi connectivity index (χ4n) is 1.65. The van der Waals surface area contributed by atoms with Crippen LogP contribution in [0, 0.1) is 0 Å². The zero-order chi connectivity index (χ0) is 14.5. The van der Waals surface area contributed by atoms with Gasteiger partial charge in [0.15, 0.2) is 0 Å². The molecule has 106 valence electrons. The van der Waals surface area contributed by atoms with Crippen molar-refractivity contribution in [2.24, 2.45) is 11.5 Å². The van der Waals surface area contributed by atoms with Crippen LogP contribution in [0.15, 0.2) is 24.3 Å². The Kier molecular flexibility index (Phi) is 5.46. The molecular weight excluding hydrogens is 266 g/mol. The number of amides is 1. The second kappa shape index (κ2) is 6.65. The van der Waals surface area contributed by atoms with Crippen LogP contribution in [0.5, 0.6) is 0 Å². The first kappa shape index (κ1) is 15.6. The van der Waals surface area contributed by atoms with E-state index in [1.807, 2.05) is 0 Å². The number of benzene rings is 1. The number of nitrogens with two attached hydrogens (primary N) is 2. The van der Waals surface area contributed by atoms with Gasteiger partial charge in [-0.3, -0.25) is 4.79 Å². The molecule has 4 N–H and O–H groups in total. The van der Waals surface area contributed by atoms with Gasteiger partial charge in [-0.05, 0) is 11.1 Å². The number of carbonyl (C=O) groups is 1. The van der Waals surface area contributed by atoms with Crippen LogP contribution in [0.1, 0.15) is 18.1 Å². The highest BCUT2D eigenvalue weighted by atomic mass is 32.2. The minimum Gasteiger partial charge on any atom is -0.369 e. The first-order valence-corrected chi connectivity index (χ1v) is 7.54. The predicted molar refractivity (Wildman–Crippen MR) is 73.4 cm³/mol. The second-order valence-corrected chi connectivity index (χ2v) is 6.14. The maximum absolute atomic E-state index is 12.1. The van der Waals surface area contributed by atoms with E-state index in [0.717, 1.165) is 9.87 Å². The summed E-state index contributed by atoms with van der Waals surface area (Å²) in [6.07, 6.45) is 0. The smallest absolute Gasteiger partial charge is 0.232 e. The van der Waals surface area contributed by atoms with Crippen LogP contribution in [0.4, 0.5) is 0 Å². The van der Waals surface area contributed by atoms with Gasteiger partial charge in [-0.15, -0.1) is 0 Å². The van der Waals surface area contributed by atoms with Crippen molar-refractivity contribution in [2.75, 3.05) is 13.1 Å². The molecular formula is C12H19N3O3S. The second-order valence-electron chi connectivity index (χ2n) is 4.17. The average Bonchev–Trinajstić information content (AvgIpc) is 2.36. The molecule has 0 radical (unpaired) electrons. The molecule has 0 saturated carbocycles. The molecule has 1 rings (SSSR count). The van der Waals surface area contributed by atoms with E-state index in [-0.39, 0.29) is 18.8 Å². The normalized spacial score (nSPS) is 11.7. The van der Waals surface area contributed by atoms with Crippen LogP contribution in [-0.4, -0.2) is 31.7 Å². The topological polar surface area (TPSA) is 106 Å². The summed E-state index contributed by atoms with van der Waals surface area (Å²) in [7, 11) is -3.54. The van der Waals surface area contributed by atoms with Crippen molar-refractivity contribution in [3.63, 3.8) is 0 Å². The molecule has 6 nitrogen and oxygen atoms in total. The summed E-state index contributed by atoms with van der Waals surface area (Å²) in [4.78, 5) is 10.9. The van der Waals surface area contributed by atoms with Crippen LogP contribution in [0.3, 0.4) is 0 Å². The lowest BCUT2D eigenvalue weighted by Gasteiger charge is -2.18. The van der Waals surface area contributed by atoms with E-state index in [1.165, 1.54) is 0 Å². The Morgan fingerprint density at radius 3 is 2.16 bits per heavy atom. The Labute approximate surface area is 113 Å². The fraction of sp³-hybridized carbons (Fsp3) is 0.417. The first-order valence-electron chi connectivity index (χ1n) is 5.93. The van der Waals surface area contributed by atoms with Crippen molar-refractivity contribution < 1.29 is 13.2 Å². The highest BCUT2D eigenvalue weighted by Crippen LogP contribution is 2.11. The van der Waals surface area contributed by atoms with E-state index in [2.05, 4.69) is 0 Å². The zero-order valence-corrected chi connectivity index (χ0v) is 11.7. The van der Waals surface area contributed by atoms with E-state index in [9.17, 15) is 13.2 Å². The summed E-state index contributed by atoms with van der Waals surface area (Å²) in [6, 6.07) is 7.01. The van der Waals surface area contributed by atoms with Crippen molar-refractivity contribution in [3.05, 3.63) is 35.4 Å². The molecule has 0 aromatic heterocycles. The van der Waals surface area contributed by atoms with Crippen molar-refractivity contribution in [3.8, 4) is 0 Å². The molecule has 7 heteroatoms. The number of hydrogen-bond donors (Lipinski definition) is 2. The van der Waals surface area contributed by atoms with Crippen molar-refractivity contribution in [1.29, 1.82) is 0 Å². The zero-order valence-electron chi connectivity index (χ0n) is 10.9. The predicted octanol–water partition coefficient (Wildman–Crippen LogP) is -0.218. The van der Waals surface area contributed by atoms with E-state index in [1.54, 1.807) is 31.2 Å². The minimum absolute atomic E-state index is 0.154. The molecule has 0 heterocycles. The lowest BCUT2D eigenvalue weighted by Crippen LogP contribution is -2.38. The van der Waals surface area contributed by atoms with Gasteiger partial charge in [0.2, 0.25) is 15.9 Å². The van der Waals surface area contributed by atoms with E-state index in [4.69, 9.17) is 11.5 Å². The number of nitrogens with zero attached hydrogens (tertiary/aromatic N) is 1. The lowest BCUT2D eigenvalue weighted by atomic mass is 10.1. The third-order valence-corrected chi connectivity index (χ3v) is 4.56. The molecule has 0 spiro atoms. The van der Waals surface area contributed by atoms with Gasteiger partial charge in [0.1, 0.15) is 0 Å². The third kappa shape index (κ3) is 4.62. The number of sulfonamides is 1. The monoisotopic (exact) mass is 285 g/mol. The summed E-state index contributed by atoms with van der Waals surface area (Å²) in [5.74, 6) is -0.817. The van der Waals surface area contributed by atoms with Gasteiger partial charge in [0, 0.05) is 13.1 Å². The van der Waals surface area contributed by atoms with Gasteiger partial charge < -0.3 is 11.5 Å². The summed E-state index contributed by atoms with van der Waals surface area (Å²) in [5, 5.41) is 0. The molecule has 0 atom stereocenters. The van der Waals surface area contributed by atoms with Crippen molar-refractivity contribution in [2.45, 2.75) is 19.2 Å². The van der Waals surface area contributed by atoms with Gasteiger partial charge in [-0.25, -0.2) is 8.42 Å². The van der Waals surface area contributed by atoms with E-state index < -0.39 is 15.9 Å². The number of carbonyl (C=O) groups excluding carboxylic acids is 1. The van der Waals surface area contributed by atoms with Crippen LogP contribution in [-0.2, 0) is 27.1 Å². The molecule has 0 unspecified atom stereocenters. The largest absolute Gasteiger partial charge is 0.369 e. The Balaban J connectivity index is 2.84. The SMILES string of the molecule is CCN(CC(N)=O)S(=O)(=O)Cc1ccc(CN)cc1. The number of primary amides is 1. The molecule has 0 bridgehead atoms. The molecule has 0 aliphatic rings. The number of hydrogen-bond acceptors (Lipinski definition) is 4. The van der Waals surface area contributed by atoms with Gasteiger partial charge in [-0.2, -0.15) is 4.31 Å². The van der Waals surface area contributed by atoms with E-state index in [0.29, 0.717) is 12.1 Å². The summed E-state index contributed by atoms with van der Waals surface area (Å²) >= 11 is 0. The highest BCUT2D eigenvalue weighted by molar-refractivity contribution is 7.88. The third-order valence-electron chi connectivity index (χ3n) is 2.69. The van der Waals surface area contributed by atoms with Crippen LogP contribution < -0.4 is 11.5 Å². The van der Waals surface area contributed by atoms with Crippen LogP contribution in [0.2, 0.25) is 0 Å². The van der Waals surface area contributed by atoms with Gasteiger partial charge in [0.25, 0.3) is 0 Å². The molecule has 1 amide bonds. The van der Waals surface area contributed by atoms with Crippen molar-refractivity contribution >= 4 is 15.9 Å². The Hall–Kier alpha value is -1.44. The molecule has 0 saturated heterocycles. The molecule has 1 aromatic rings. The van der Waals surface area contributed by atoms with Gasteiger partial charge in [-0.1, -0.05) is 31.2 Å². The quantitative estimate of drug-likeness (QED) is 0.722. The minimum atomic E-state index is -3.54. The molecule has 1 aromatic carbocycles.